The van der Waals surface area contributed by atoms with Crippen molar-refractivity contribution in [1.82, 2.24) is 5.01 Å². The number of nitrogens with zero attached hydrogens (tertiary/aromatic N) is 2. The van der Waals surface area contributed by atoms with Crippen molar-refractivity contribution >= 4 is 11.7 Å². The number of hydrazone groups is 1. The Morgan fingerprint density at radius 3 is 2.64 bits per heavy atom. The predicted octanol–water partition coefficient (Wildman–Crippen LogP) is 1.78. The van der Waals surface area contributed by atoms with Gasteiger partial charge in [0.25, 0.3) is 0 Å². The lowest BCUT2D eigenvalue weighted by Gasteiger charge is -2.06. The van der Waals surface area contributed by atoms with Crippen molar-refractivity contribution in [2.45, 2.75) is 27.2 Å². The third-order valence-corrected chi connectivity index (χ3v) is 1.23. The number of rotatable bonds is 5. The summed E-state index contributed by atoms with van der Waals surface area (Å²) in [6.45, 7) is 6.19. The van der Waals surface area contributed by atoms with Crippen molar-refractivity contribution in [2.24, 2.45) is 5.10 Å². The summed E-state index contributed by atoms with van der Waals surface area (Å²) in [4.78, 5) is 11.0. The van der Waals surface area contributed by atoms with E-state index in [1.165, 1.54) is 6.08 Å². The number of hydrogen-bond donors (Lipinski definition) is 0. The van der Waals surface area contributed by atoms with E-state index >= 15 is 0 Å². The standard InChI is InChI=1S/C10H18N2O2/c1-5-8-14-10(13)6-7-12(4)11-9(2)3/h6-7H,5,8H2,1-4H3/b7-6+. The molecule has 0 aliphatic heterocycles. The van der Waals surface area contributed by atoms with Gasteiger partial charge in [-0.3, -0.25) is 5.01 Å². The summed E-state index contributed by atoms with van der Waals surface area (Å²) in [6, 6.07) is 0. The van der Waals surface area contributed by atoms with Crippen LogP contribution in [0, 0.1) is 0 Å². The monoisotopic (exact) mass is 198 g/mol. The van der Waals surface area contributed by atoms with Crippen molar-refractivity contribution in [2.75, 3.05) is 13.7 Å². The highest BCUT2D eigenvalue weighted by Crippen LogP contribution is 1.90. The molecular weight excluding hydrogens is 180 g/mol. The first-order chi connectivity index (χ1) is 6.56. The van der Waals surface area contributed by atoms with E-state index in [9.17, 15) is 4.79 Å². The maximum absolute atomic E-state index is 11.0. The fourth-order valence-corrected chi connectivity index (χ4v) is 0.768. The van der Waals surface area contributed by atoms with Gasteiger partial charge in [-0.15, -0.1) is 0 Å². The van der Waals surface area contributed by atoms with Crippen molar-refractivity contribution < 1.29 is 9.53 Å². The van der Waals surface area contributed by atoms with Crippen molar-refractivity contribution in [1.29, 1.82) is 0 Å². The molecule has 0 aromatic rings. The highest BCUT2D eigenvalue weighted by atomic mass is 16.5. The molecule has 0 heterocycles. The Kier molecular flexibility index (Phi) is 6.45. The first kappa shape index (κ1) is 12.7. The zero-order valence-corrected chi connectivity index (χ0v) is 9.28. The molecule has 0 saturated carbocycles. The number of ether oxygens (including phenoxy) is 1. The Bertz CT molecular complexity index is 230. The molecule has 14 heavy (non-hydrogen) atoms. The van der Waals surface area contributed by atoms with Gasteiger partial charge in [0.15, 0.2) is 0 Å². The van der Waals surface area contributed by atoms with Gasteiger partial charge in [-0.1, -0.05) is 6.92 Å². The van der Waals surface area contributed by atoms with Crippen molar-refractivity contribution in [3.05, 3.63) is 12.3 Å². The maximum atomic E-state index is 11.0. The molecule has 0 bridgehead atoms. The predicted molar refractivity (Wildman–Crippen MR) is 56.9 cm³/mol. The molecule has 80 valence electrons. The van der Waals surface area contributed by atoms with E-state index in [0.29, 0.717) is 6.61 Å². The van der Waals surface area contributed by atoms with Gasteiger partial charge < -0.3 is 4.74 Å². The lowest BCUT2D eigenvalue weighted by molar-refractivity contribution is -0.137. The van der Waals surface area contributed by atoms with Crippen LogP contribution in [-0.2, 0) is 9.53 Å². The van der Waals surface area contributed by atoms with Crippen LogP contribution in [0.1, 0.15) is 27.2 Å². The summed E-state index contributed by atoms with van der Waals surface area (Å²) in [7, 11) is 1.76. The molecule has 0 N–H and O–H groups in total. The number of carbonyl (C=O) groups excluding carboxylic acids is 1. The molecule has 0 saturated heterocycles. The normalized spacial score (nSPS) is 10.0. The average molecular weight is 198 g/mol. The second-order valence-electron chi connectivity index (χ2n) is 3.10. The smallest absolute Gasteiger partial charge is 0.332 e. The van der Waals surface area contributed by atoms with Crippen LogP contribution in [-0.4, -0.2) is 30.3 Å². The first-order valence-corrected chi connectivity index (χ1v) is 4.66. The number of carbonyl (C=O) groups is 1. The highest BCUT2D eigenvalue weighted by molar-refractivity contribution is 5.82. The minimum Gasteiger partial charge on any atom is -0.463 e. The van der Waals surface area contributed by atoms with Gasteiger partial charge in [0.1, 0.15) is 0 Å². The van der Waals surface area contributed by atoms with Gasteiger partial charge in [-0.05, 0) is 20.3 Å². The van der Waals surface area contributed by atoms with Gasteiger partial charge in [0.2, 0.25) is 0 Å². The lowest BCUT2D eigenvalue weighted by atomic mass is 10.5. The second kappa shape index (κ2) is 7.12. The van der Waals surface area contributed by atoms with Crippen LogP contribution in [0.25, 0.3) is 0 Å². The summed E-state index contributed by atoms with van der Waals surface area (Å²) in [5.74, 6) is -0.331. The highest BCUT2D eigenvalue weighted by Gasteiger charge is 1.95. The van der Waals surface area contributed by atoms with E-state index in [0.717, 1.165) is 12.1 Å². The zero-order valence-electron chi connectivity index (χ0n) is 9.28. The van der Waals surface area contributed by atoms with Crippen LogP contribution >= 0.6 is 0 Å². The van der Waals surface area contributed by atoms with Gasteiger partial charge >= 0.3 is 5.97 Å². The number of hydrogen-bond acceptors (Lipinski definition) is 4. The van der Waals surface area contributed by atoms with Crippen LogP contribution in [0.5, 0.6) is 0 Å². The molecule has 0 atom stereocenters. The third-order valence-electron chi connectivity index (χ3n) is 1.23. The topological polar surface area (TPSA) is 41.9 Å². The molecule has 0 radical (unpaired) electrons. The molecule has 0 fully saturated rings. The van der Waals surface area contributed by atoms with Crippen molar-refractivity contribution in [3.63, 3.8) is 0 Å². The Hall–Kier alpha value is -1.32. The fraction of sp³-hybridized carbons (Fsp3) is 0.600. The lowest BCUT2D eigenvalue weighted by Crippen LogP contribution is -2.07. The van der Waals surface area contributed by atoms with E-state index in [1.807, 2.05) is 20.8 Å². The van der Waals surface area contributed by atoms with E-state index in [2.05, 4.69) is 5.10 Å². The summed E-state index contributed by atoms with van der Waals surface area (Å²) >= 11 is 0. The molecule has 4 nitrogen and oxygen atoms in total. The summed E-state index contributed by atoms with van der Waals surface area (Å²) in [5.41, 5.74) is 0.930. The first-order valence-electron chi connectivity index (χ1n) is 4.66. The average Bonchev–Trinajstić information content (AvgIpc) is 2.10. The van der Waals surface area contributed by atoms with E-state index in [-0.39, 0.29) is 5.97 Å². The Morgan fingerprint density at radius 2 is 2.14 bits per heavy atom. The third kappa shape index (κ3) is 7.34. The van der Waals surface area contributed by atoms with Crippen LogP contribution in [0.15, 0.2) is 17.4 Å². The van der Waals surface area contributed by atoms with Gasteiger partial charge in [0.05, 0.1) is 6.61 Å². The zero-order chi connectivity index (χ0) is 11.0. The Labute approximate surface area is 85.2 Å². The van der Waals surface area contributed by atoms with E-state index < -0.39 is 0 Å². The van der Waals surface area contributed by atoms with Crippen LogP contribution in [0.4, 0.5) is 0 Å². The Balaban J connectivity index is 3.91. The van der Waals surface area contributed by atoms with Gasteiger partial charge in [-0.2, -0.15) is 5.10 Å². The molecule has 4 heteroatoms. The Morgan fingerprint density at radius 1 is 1.50 bits per heavy atom. The van der Waals surface area contributed by atoms with Crippen LogP contribution in [0.2, 0.25) is 0 Å². The fourth-order valence-electron chi connectivity index (χ4n) is 0.768. The molecule has 0 aliphatic rings. The van der Waals surface area contributed by atoms with Gasteiger partial charge in [-0.25, -0.2) is 4.79 Å². The summed E-state index contributed by atoms with van der Waals surface area (Å²) in [6.07, 6.45) is 3.77. The second-order valence-corrected chi connectivity index (χ2v) is 3.10. The minimum absolute atomic E-state index is 0.331. The molecule has 0 aromatic heterocycles. The number of esters is 1. The molecular formula is C10H18N2O2. The minimum atomic E-state index is -0.331. The molecule has 0 unspecified atom stereocenters. The maximum Gasteiger partial charge on any atom is 0.332 e. The van der Waals surface area contributed by atoms with E-state index in [4.69, 9.17) is 4.74 Å². The SMILES string of the molecule is CCCOC(=O)/C=C/N(C)N=C(C)C. The molecule has 0 spiro atoms. The molecule has 0 amide bonds. The van der Waals surface area contributed by atoms with E-state index in [1.54, 1.807) is 18.3 Å². The quantitative estimate of drug-likeness (QED) is 0.293. The largest absolute Gasteiger partial charge is 0.463 e. The van der Waals surface area contributed by atoms with Crippen molar-refractivity contribution in [3.8, 4) is 0 Å². The summed E-state index contributed by atoms with van der Waals surface area (Å²) in [5, 5.41) is 5.66. The molecule has 0 aliphatic carbocycles. The van der Waals surface area contributed by atoms with Crippen LogP contribution in [0.3, 0.4) is 0 Å². The summed E-state index contributed by atoms with van der Waals surface area (Å²) < 4.78 is 4.85. The van der Waals surface area contributed by atoms with Gasteiger partial charge in [0, 0.05) is 25.0 Å². The molecule has 0 rings (SSSR count). The molecule has 0 aromatic carbocycles. The van der Waals surface area contributed by atoms with Crippen LogP contribution < -0.4 is 0 Å².